The van der Waals surface area contributed by atoms with Crippen LogP contribution in [0.4, 0.5) is 5.69 Å². The third-order valence-corrected chi connectivity index (χ3v) is 4.91. The highest BCUT2D eigenvalue weighted by molar-refractivity contribution is 8.01. The Bertz CT molecular complexity index is 355. The van der Waals surface area contributed by atoms with Crippen LogP contribution in [0.5, 0.6) is 0 Å². The summed E-state index contributed by atoms with van der Waals surface area (Å²) >= 11 is 2.14. The third-order valence-electron chi connectivity index (χ3n) is 3.33. The molecule has 0 aliphatic heterocycles. The van der Waals surface area contributed by atoms with Gasteiger partial charge in [-0.05, 0) is 25.0 Å². The molecule has 0 aromatic heterocycles. The summed E-state index contributed by atoms with van der Waals surface area (Å²) in [5.41, 5.74) is 1.27. The molecule has 1 aromatic carbocycles. The van der Waals surface area contributed by atoms with E-state index in [2.05, 4.69) is 68.2 Å². The number of para-hydroxylation sites is 1. The van der Waals surface area contributed by atoms with Gasteiger partial charge in [0.2, 0.25) is 0 Å². The van der Waals surface area contributed by atoms with Gasteiger partial charge in [-0.2, -0.15) is 11.8 Å². The maximum atomic E-state index is 3.73. The van der Waals surface area contributed by atoms with E-state index in [1.165, 1.54) is 31.4 Å². The molecule has 2 heteroatoms. The fourth-order valence-electron chi connectivity index (χ4n) is 2.61. The van der Waals surface area contributed by atoms with Gasteiger partial charge < -0.3 is 5.32 Å². The van der Waals surface area contributed by atoms with Crippen LogP contribution in [0.3, 0.4) is 0 Å². The van der Waals surface area contributed by atoms with Crippen LogP contribution >= 0.6 is 11.8 Å². The first-order valence-corrected chi connectivity index (χ1v) is 7.92. The number of hydrogen-bond donors (Lipinski definition) is 1. The standard InChI is InChI=1S/C16H25NS/c1-16(2,3)18-15-12-8-7-11-14(15)17-13-9-5-4-6-10-13/h4-6,9-10,14-15,17H,7-8,11-12H2,1-3H3/t14-,15-/m1/s1. The Morgan fingerprint density at radius 1 is 1.06 bits per heavy atom. The van der Waals surface area contributed by atoms with E-state index in [4.69, 9.17) is 0 Å². The highest BCUT2D eigenvalue weighted by Gasteiger charge is 2.29. The second-order valence-electron chi connectivity index (χ2n) is 6.17. The van der Waals surface area contributed by atoms with E-state index in [-0.39, 0.29) is 0 Å². The van der Waals surface area contributed by atoms with Gasteiger partial charge in [-0.1, -0.05) is 51.8 Å². The van der Waals surface area contributed by atoms with Crippen molar-refractivity contribution in [1.82, 2.24) is 0 Å². The molecule has 1 nitrogen and oxygen atoms in total. The van der Waals surface area contributed by atoms with Crippen molar-refractivity contribution >= 4 is 17.4 Å². The average molecular weight is 263 g/mol. The van der Waals surface area contributed by atoms with E-state index >= 15 is 0 Å². The normalized spacial score (nSPS) is 24.8. The molecule has 0 heterocycles. The van der Waals surface area contributed by atoms with Crippen LogP contribution in [0.2, 0.25) is 0 Å². The minimum atomic E-state index is 0.360. The maximum absolute atomic E-state index is 3.73. The predicted molar refractivity (Wildman–Crippen MR) is 83.5 cm³/mol. The summed E-state index contributed by atoms with van der Waals surface area (Å²) in [4.78, 5) is 0. The molecule has 1 fully saturated rings. The maximum Gasteiger partial charge on any atom is 0.0380 e. The molecule has 0 bridgehead atoms. The summed E-state index contributed by atoms with van der Waals surface area (Å²) in [6.45, 7) is 6.98. The van der Waals surface area contributed by atoms with Crippen LogP contribution in [-0.2, 0) is 0 Å². The van der Waals surface area contributed by atoms with Gasteiger partial charge in [0.05, 0.1) is 0 Å². The van der Waals surface area contributed by atoms with Gasteiger partial charge in [-0.25, -0.2) is 0 Å². The molecule has 0 spiro atoms. The predicted octanol–water partition coefficient (Wildman–Crippen LogP) is 4.94. The lowest BCUT2D eigenvalue weighted by Gasteiger charge is -2.36. The molecular formula is C16H25NS. The number of nitrogens with one attached hydrogen (secondary N) is 1. The second kappa shape index (κ2) is 6.01. The lowest BCUT2D eigenvalue weighted by Crippen LogP contribution is -2.36. The fourth-order valence-corrected chi connectivity index (χ4v) is 4.17. The highest BCUT2D eigenvalue weighted by Crippen LogP contribution is 2.37. The molecule has 0 radical (unpaired) electrons. The van der Waals surface area contributed by atoms with Gasteiger partial charge in [0.1, 0.15) is 0 Å². The lowest BCUT2D eigenvalue weighted by molar-refractivity contribution is 0.472. The zero-order chi connectivity index (χ0) is 13.0. The summed E-state index contributed by atoms with van der Waals surface area (Å²) in [6, 6.07) is 11.3. The van der Waals surface area contributed by atoms with Gasteiger partial charge in [-0.15, -0.1) is 0 Å². The minimum Gasteiger partial charge on any atom is -0.381 e. The summed E-state index contributed by atoms with van der Waals surface area (Å²) < 4.78 is 0.360. The fraction of sp³-hybridized carbons (Fsp3) is 0.625. The van der Waals surface area contributed by atoms with Crippen LogP contribution in [0.15, 0.2) is 30.3 Å². The number of benzene rings is 1. The zero-order valence-corrected chi connectivity index (χ0v) is 12.6. The SMILES string of the molecule is CC(C)(C)S[C@@H]1CCCC[C@H]1Nc1ccccc1. The number of rotatable bonds is 3. The molecule has 1 aromatic rings. The Balaban J connectivity index is 2.00. The van der Waals surface area contributed by atoms with Crippen LogP contribution in [-0.4, -0.2) is 16.0 Å². The lowest BCUT2D eigenvalue weighted by atomic mass is 9.94. The molecule has 0 saturated heterocycles. The van der Waals surface area contributed by atoms with Crippen molar-refractivity contribution in [2.75, 3.05) is 5.32 Å². The van der Waals surface area contributed by atoms with Crippen molar-refractivity contribution < 1.29 is 0 Å². The smallest absolute Gasteiger partial charge is 0.0380 e. The van der Waals surface area contributed by atoms with Crippen molar-refractivity contribution in [3.8, 4) is 0 Å². The molecule has 2 atom stereocenters. The quantitative estimate of drug-likeness (QED) is 0.829. The van der Waals surface area contributed by atoms with Crippen molar-refractivity contribution in [2.24, 2.45) is 0 Å². The van der Waals surface area contributed by atoms with E-state index in [1.54, 1.807) is 0 Å². The van der Waals surface area contributed by atoms with E-state index in [9.17, 15) is 0 Å². The van der Waals surface area contributed by atoms with E-state index in [0.717, 1.165) is 5.25 Å². The molecule has 0 unspecified atom stereocenters. The van der Waals surface area contributed by atoms with Crippen molar-refractivity contribution in [2.45, 2.75) is 62.5 Å². The molecule has 18 heavy (non-hydrogen) atoms. The summed E-state index contributed by atoms with van der Waals surface area (Å²) in [5, 5.41) is 4.48. The van der Waals surface area contributed by atoms with Crippen LogP contribution < -0.4 is 5.32 Å². The molecule has 1 aliphatic rings. The topological polar surface area (TPSA) is 12.0 Å². The van der Waals surface area contributed by atoms with Crippen LogP contribution in [0, 0.1) is 0 Å². The van der Waals surface area contributed by atoms with E-state index < -0.39 is 0 Å². The molecule has 2 rings (SSSR count). The van der Waals surface area contributed by atoms with Crippen LogP contribution in [0.25, 0.3) is 0 Å². The van der Waals surface area contributed by atoms with Gasteiger partial charge >= 0.3 is 0 Å². The number of hydrogen-bond acceptors (Lipinski definition) is 2. The molecule has 1 saturated carbocycles. The molecule has 0 amide bonds. The van der Waals surface area contributed by atoms with Gasteiger partial charge in [-0.3, -0.25) is 0 Å². The Hall–Kier alpha value is -0.630. The summed E-state index contributed by atoms with van der Waals surface area (Å²) in [7, 11) is 0. The van der Waals surface area contributed by atoms with Gasteiger partial charge in [0, 0.05) is 21.7 Å². The minimum absolute atomic E-state index is 0.360. The largest absolute Gasteiger partial charge is 0.381 e. The Morgan fingerprint density at radius 3 is 2.39 bits per heavy atom. The number of thioether (sulfide) groups is 1. The first kappa shape index (κ1) is 13.8. The highest BCUT2D eigenvalue weighted by atomic mass is 32.2. The monoisotopic (exact) mass is 263 g/mol. The molecular weight excluding hydrogens is 238 g/mol. The first-order chi connectivity index (χ1) is 8.54. The Labute approximate surface area is 116 Å². The second-order valence-corrected chi connectivity index (χ2v) is 8.24. The van der Waals surface area contributed by atoms with Crippen molar-refractivity contribution in [3.63, 3.8) is 0 Å². The van der Waals surface area contributed by atoms with E-state index in [1.807, 2.05) is 0 Å². The molecule has 1 N–H and O–H groups in total. The Kier molecular flexibility index (Phi) is 4.60. The van der Waals surface area contributed by atoms with Gasteiger partial charge in [0.15, 0.2) is 0 Å². The van der Waals surface area contributed by atoms with E-state index in [0.29, 0.717) is 10.8 Å². The average Bonchev–Trinajstić information content (AvgIpc) is 2.31. The zero-order valence-electron chi connectivity index (χ0n) is 11.8. The molecule has 1 aliphatic carbocycles. The summed E-state index contributed by atoms with van der Waals surface area (Å²) in [5.74, 6) is 0. The van der Waals surface area contributed by atoms with Crippen molar-refractivity contribution in [3.05, 3.63) is 30.3 Å². The number of anilines is 1. The summed E-state index contributed by atoms with van der Waals surface area (Å²) in [6.07, 6.45) is 5.42. The molecule has 100 valence electrons. The Morgan fingerprint density at radius 2 is 1.72 bits per heavy atom. The van der Waals surface area contributed by atoms with Crippen molar-refractivity contribution in [1.29, 1.82) is 0 Å². The van der Waals surface area contributed by atoms with Crippen LogP contribution in [0.1, 0.15) is 46.5 Å². The van der Waals surface area contributed by atoms with Gasteiger partial charge in [0.25, 0.3) is 0 Å². The third kappa shape index (κ3) is 4.24. The first-order valence-electron chi connectivity index (χ1n) is 7.04.